The minimum absolute atomic E-state index is 0.626. The Hall–Kier alpha value is -0.530. The van der Waals surface area contributed by atoms with Gasteiger partial charge in [0.15, 0.2) is 0 Å². The van der Waals surface area contributed by atoms with Crippen LogP contribution in [0.5, 0.6) is 0 Å². The molecule has 62 valence electrons. The highest BCUT2D eigenvalue weighted by Gasteiger charge is 2.33. The van der Waals surface area contributed by atoms with Crippen molar-refractivity contribution in [2.45, 2.75) is 38.1 Å². The Balaban J connectivity index is 1.86. The van der Waals surface area contributed by atoms with Gasteiger partial charge >= 0.3 is 0 Å². The summed E-state index contributed by atoms with van der Waals surface area (Å²) in [5.41, 5.74) is 0. The summed E-state index contributed by atoms with van der Waals surface area (Å²) in [4.78, 5) is 2.20. The molecule has 1 N–H and O–H groups in total. The summed E-state index contributed by atoms with van der Waals surface area (Å²) in [6, 6.07) is 0.711. The molecular weight excluding hydrogens is 136 g/mol. The molecule has 2 rings (SSSR count). The molecule has 0 aromatic heterocycles. The molecule has 0 atom stereocenters. The number of rotatable bonds is 2. The van der Waals surface area contributed by atoms with Gasteiger partial charge in [-0.1, -0.05) is 0 Å². The first-order valence-electron chi connectivity index (χ1n) is 4.60. The lowest BCUT2D eigenvalue weighted by Gasteiger charge is -2.36. The molecule has 0 saturated heterocycles. The Morgan fingerprint density at radius 1 is 1.27 bits per heavy atom. The molecule has 0 unspecified atom stereocenters. The van der Waals surface area contributed by atoms with Crippen LogP contribution in [0.3, 0.4) is 0 Å². The van der Waals surface area contributed by atoms with E-state index in [-0.39, 0.29) is 0 Å². The van der Waals surface area contributed by atoms with Gasteiger partial charge in [0, 0.05) is 19.0 Å². The third-order valence-electron chi connectivity index (χ3n) is 2.97. The first kappa shape index (κ1) is 7.14. The van der Waals surface area contributed by atoms with Gasteiger partial charge in [-0.2, -0.15) is 0 Å². The Labute approximate surface area is 68.1 Å². The molecule has 0 aromatic rings. The van der Waals surface area contributed by atoms with E-state index < -0.39 is 0 Å². The summed E-state index contributed by atoms with van der Waals surface area (Å²) in [6.45, 7) is 0. The van der Waals surface area contributed by atoms with Gasteiger partial charge in [-0.15, -0.1) is 0 Å². The monoisotopic (exact) mass is 152 g/mol. The van der Waals surface area contributed by atoms with Crippen molar-refractivity contribution in [1.29, 1.82) is 5.41 Å². The van der Waals surface area contributed by atoms with Crippen molar-refractivity contribution in [3.05, 3.63) is 0 Å². The molecule has 0 aliphatic heterocycles. The van der Waals surface area contributed by atoms with E-state index in [1.807, 2.05) is 0 Å². The molecule has 0 amide bonds. The number of hydrogen-bond acceptors (Lipinski definition) is 1. The molecule has 11 heavy (non-hydrogen) atoms. The molecule has 0 radical (unpaired) electrons. The fourth-order valence-corrected chi connectivity index (χ4v) is 1.62. The summed E-state index contributed by atoms with van der Waals surface area (Å²) >= 11 is 0. The Morgan fingerprint density at radius 2 is 1.91 bits per heavy atom. The zero-order valence-corrected chi connectivity index (χ0v) is 7.14. The van der Waals surface area contributed by atoms with Gasteiger partial charge in [0.25, 0.3) is 0 Å². The normalized spacial score (nSPS) is 24.5. The smallest absolute Gasteiger partial charge is 0.0989 e. The zero-order chi connectivity index (χ0) is 7.84. The van der Waals surface area contributed by atoms with Crippen LogP contribution < -0.4 is 0 Å². The molecular formula is C9H16N2. The van der Waals surface area contributed by atoms with Crippen LogP contribution in [0.15, 0.2) is 0 Å². The maximum Gasteiger partial charge on any atom is 0.0989 e. The molecule has 0 bridgehead atoms. The summed E-state index contributed by atoms with van der Waals surface area (Å²) in [6.07, 6.45) is 6.51. The highest BCUT2D eigenvalue weighted by atomic mass is 15.2. The predicted octanol–water partition coefficient (Wildman–Crippen LogP) is 1.86. The average molecular weight is 152 g/mol. The molecule has 2 aliphatic rings. The highest BCUT2D eigenvalue weighted by molar-refractivity contribution is 5.83. The second kappa shape index (κ2) is 2.50. The molecule has 0 heterocycles. The van der Waals surface area contributed by atoms with E-state index in [1.54, 1.807) is 0 Å². The van der Waals surface area contributed by atoms with Crippen LogP contribution in [0.2, 0.25) is 0 Å². The van der Waals surface area contributed by atoms with Crippen molar-refractivity contribution >= 4 is 5.84 Å². The van der Waals surface area contributed by atoms with Crippen molar-refractivity contribution < 1.29 is 0 Å². The Morgan fingerprint density at radius 3 is 2.27 bits per heavy atom. The molecule has 2 nitrogen and oxygen atoms in total. The lowest BCUT2D eigenvalue weighted by molar-refractivity contribution is 0.235. The minimum atomic E-state index is 0.626. The topological polar surface area (TPSA) is 27.1 Å². The standard InChI is InChI=1S/C9H16N2/c1-11(8-3-2-4-8)9(10)7-5-6-7/h7-8,10H,2-6H2,1H3. The van der Waals surface area contributed by atoms with Crippen molar-refractivity contribution in [2.24, 2.45) is 5.92 Å². The van der Waals surface area contributed by atoms with Crippen LogP contribution in [0.4, 0.5) is 0 Å². The first-order valence-corrected chi connectivity index (χ1v) is 4.60. The second-order valence-electron chi connectivity index (χ2n) is 3.86. The maximum atomic E-state index is 7.81. The van der Waals surface area contributed by atoms with Crippen molar-refractivity contribution in [1.82, 2.24) is 4.90 Å². The number of nitrogens with zero attached hydrogens (tertiary/aromatic N) is 1. The Kier molecular flexibility index (Phi) is 1.63. The highest BCUT2D eigenvalue weighted by Crippen LogP contribution is 2.34. The molecule has 2 fully saturated rings. The number of hydrogen-bond donors (Lipinski definition) is 1. The minimum Gasteiger partial charge on any atom is -0.360 e. The van der Waals surface area contributed by atoms with E-state index in [2.05, 4.69) is 11.9 Å². The van der Waals surface area contributed by atoms with Crippen LogP contribution >= 0.6 is 0 Å². The van der Waals surface area contributed by atoms with E-state index >= 15 is 0 Å². The van der Waals surface area contributed by atoms with E-state index in [9.17, 15) is 0 Å². The van der Waals surface area contributed by atoms with Gasteiger partial charge in [-0.3, -0.25) is 5.41 Å². The third kappa shape index (κ3) is 1.26. The molecule has 2 aliphatic carbocycles. The lowest BCUT2D eigenvalue weighted by Crippen LogP contribution is -2.41. The van der Waals surface area contributed by atoms with Crippen LogP contribution in [0.1, 0.15) is 32.1 Å². The van der Waals surface area contributed by atoms with Gasteiger partial charge < -0.3 is 4.90 Å². The SMILES string of the molecule is CN(C(=N)C1CC1)C1CCC1. The van der Waals surface area contributed by atoms with Gasteiger partial charge in [-0.25, -0.2) is 0 Å². The average Bonchev–Trinajstić information content (AvgIpc) is 2.62. The van der Waals surface area contributed by atoms with E-state index in [0.717, 1.165) is 5.84 Å². The van der Waals surface area contributed by atoms with Gasteiger partial charge in [-0.05, 0) is 32.1 Å². The lowest BCUT2D eigenvalue weighted by atomic mass is 9.91. The zero-order valence-electron chi connectivity index (χ0n) is 7.14. The molecule has 0 spiro atoms. The van der Waals surface area contributed by atoms with E-state index in [1.165, 1.54) is 32.1 Å². The van der Waals surface area contributed by atoms with Crippen LogP contribution in [0.25, 0.3) is 0 Å². The van der Waals surface area contributed by atoms with Gasteiger partial charge in [0.1, 0.15) is 0 Å². The Bertz CT molecular complexity index is 168. The van der Waals surface area contributed by atoms with Crippen molar-refractivity contribution in [2.75, 3.05) is 7.05 Å². The number of amidine groups is 1. The quantitative estimate of drug-likeness (QED) is 0.474. The summed E-state index contributed by atoms with van der Waals surface area (Å²) in [5.74, 6) is 1.52. The predicted molar refractivity (Wildman–Crippen MR) is 45.9 cm³/mol. The van der Waals surface area contributed by atoms with Crippen LogP contribution in [-0.4, -0.2) is 23.8 Å². The largest absolute Gasteiger partial charge is 0.360 e. The van der Waals surface area contributed by atoms with Gasteiger partial charge in [0.05, 0.1) is 5.84 Å². The maximum absolute atomic E-state index is 7.81. The molecule has 2 saturated carbocycles. The third-order valence-corrected chi connectivity index (χ3v) is 2.97. The number of nitrogens with one attached hydrogen (secondary N) is 1. The van der Waals surface area contributed by atoms with Crippen molar-refractivity contribution in [3.8, 4) is 0 Å². The fourth-order valence-electron chi connectivity index (χ4n) is 1.62. The van der Waals surface area contributed by atoms with E-state index in [0.29, 0.717) is 12.0 Å². The first-order chi connectivity index (χ1) is 5.29. The molecule has 2 heteroatoms. The summed E-state index contributed by atoms with van der Waals surface area (Å²) in [7, 11) is 2.09. The van der Waals surface area contributed by atoms with E-state index in [4.69, 9.17) is 5.41 Å². The fraction of sp³-hybridized carbons (Fsp3) is 0.889. The summed E-state index contributed by atoms with van der Waals surface area (Å²) < 4.78 is 0. The summed E-state index contributed by atoms with van der Waals surface area (Å²) in [5, 5.41) is 7.81. The van der Waals surface area contributed by atoms with Crippen molar-refractivity contribution in [3.63, 3.8) is 0 Å². The van der Waals surface area contributed by atoms with Crippen LogP contribution in [-0.2, 0) is 0 Å². The second-order valence-corrected chi connectivity index (χ2v) is 3.86. The van der Waals surface area contributed by atoms with Gasteiger partial charge in [0.2, 0.25) is 0 Å². The molecule has 0 aromatic carbocycles. The van der Waals surface area contributed by atoms with Crippen LogP contribution in [0, 0.1) is 11.3 Å².